The van der Waals surface area contributed by atoms with Gasteiger partial charge in [-0.15, -0.1) is 5.10 Å². The molecule has 0 saturated carbocycles. The van der Waals surface area contributed by atoms with E-state index in [1.54, 1.807) is 7.05 Å². The maximum absolute atomic E-state index is 10.8. The molecule has 1 heterocycles. The lowest BCUT2D eigenvalue weighted by Crippen LogP contribution is -2.20. The predicted molar refractivity (Wildman–Crippen MR) is 64.7 cm³/mol. The van der Waals surface area contributed by atoms with Crippen LogP contribution in [-0.2, 0) is 11.3 Å². The molecular weight excluding hydrogens is 230 g/mol. The lowest BCUT2D eigenvalue weighted by Gasteiger charge is -2.12. The summed E-state index contributed by atoms with van der Waals surface area (Å²) in [5.41, 5.74) is 1.16. The van der Waals surface area contributed by atoms with E-state index in [1.807, 2.05) is 36.4 Å². The first-order valence-corrected chi connectivity index (χ1v) is 5.32. The minimum atomic E-state index is 0.139. The second kappa shape index (κ2) is 5.10. The van der Waals surface area contributed by atoms with Crippen molar-refractivity contribution in [1.82, 2.24) is 15.0 Å². The van der Waals surface area contributed by atoms with Crippen molar-refractivity contribution in [2.75, 3.05) is 11.9 Å². The quantitative estimate of drug-likeness (QED) is 0.742. The number of carbonyl (C=O) groups excluding carboxylic acids is 1. The molecule has 0 radical (unpaired) electrons. The van der Waals surface area contributed by atoms with Gasteiger partial charge in [0.1, 0.15) is 6.07 Å². The monoisotopic (exact) mass is 241 g/mol. The number of nitrogens with zero attached hydrogens (tertiary/aromatic N) is 5. The number of rotatable bonds is 4. The molecule has 0 N–H and O–H groups in total. The van der Waals surface area contributed by atoms with Crippen molar-refractivity contribution in [1.29, 1.82) is 5.26 Å². The smallest absolute Gasteiger partial charge is 0.215 e. The minimum Gasteiger partial charge on any atom is -0.300 e. The molecule has 0 aliphatic heterocycles. The van der Waals surface area contributed by atoms with E-state index in [1.165, 1.54) is 9.58 Å². The van der Waals surface area contributed by atoms with Gasteiger partial charge >= 0.3 is 0 Å². The Bertz CT molecular complexity index is 584. The summed E-state index contributed by atoms with van der Waals surface area (Å²) in [6.45, 7) is 0.461. The second-order valence-electron chi connectivity index (χ2n) is 3.73. The molecule has 0 aliphatic carbocycles. The van der Waals surface area contributed by atoms with E-state index in [0.717, 1.165) is 5.56 Å². The summed E-state index contributed by atoms with van der Waals surface area (Å²) in [5, 5.41) is 16.6. The Kier molecular flexibility index (Phi) is 3.34. The fourth-order valence-corrected chi connectivity index (χ4v) is 1.64. The molecule has 90 valence electrons. The lowest BCUT2D eigenvalue weighted by atomic mass is 10.2. The van der Waals surface area contributed by atoms with E-state index in [9.17, 15) is 4.79 Å². The number of anilines is 1. The topological polar surface area (TPSA) is 74.8 Å². The van der Waals surface area contributed by atoms with Crippen molar-refractivity contribution in [3.63, 3.8) is 0 Å². The van der Waals surface area contributed by atoms with Crippen molar-refractivity contribution in [2.24, 2.45) is 0 Å². The Hall–Kier alpha value is -2.68. The molecule has 0 unspecified atom stereocenters. The Morgan fingerprint density at radius 3 is 2.78 bits per heavy atom. The van der Waals surface area contributed by atoms with E-state index in [-0.39, 0.29) is 5.69 Å². The zero-order valence-electron chi connectivity index (χ0n) is 9.82. The molecule has 0 atom stereocenters. The molecule has 6 nitrogen and oxygen atoms in total. The third kappa shape index (κ3) is 2.20. The number of amides is 1. The number of aromatic nitrogens is 3. The molecule has 1 aromatic heterocycles. The molecule has 0 aliphatic rings. The van der Waals surface area contributed by atoms with Gasteiger partial charge in [-0.2, -0.15) is 5.26 Å². The third-order valence-corrected chi connectivity index (χ3v) is 2.48. The van der Waals surface area contributed by atoms with Gasteiger partial charge in [0.25, 0.3) is 0 Å². The normalized spacial score (nSPS) is 9.78. The minimum absolute atomic E-state index is 0.139. The van der Waals surface area contributed by atoms with Crippen molar-refractivity contribution < 1.29 is 4.79 Å². The summed E-state index contributed by atoms with van der Waals surface area (Å²) in [5.74, 6) is 0.399. The van der Waals surface area contributed by atoms with Gasteiger partial charge < -0.3 is 4.90 Å². The van der Waals surface area contributed by atoms with Crippen molar-refractivity contribution in [3.8, 4) is 6.07 Å². The van der Waals surface area contributed by atoms with Crippen LogP contribution >= 0.6 is 0 Å². The van der Waals surface area contributed by atoms with Gasteiger partial charge in [0.05, 0.1) is 6.54 Å². The standard InChI is InChI=1S/C12H11N5O/c1-16(9-18)12-11(7-13)14-15-17(12)8-10-5-3-2-4-6-10/h2-6,9H,8H2,1H3. The lowest BCUT2D eigenvalue weighted by molar-refractivity contribution is -0.107. The second-order valence-corrected chi connectivity index (χ2v) is 3.73. The molecule has 2 aromatic rings. The summed E-state index contributed by atoms with van der Waals surface area (Å²) < 4.78 is 1.53. The van der Waals surface area contributed by atoms with E-state index in [0.29, 0.717) is 18.8 Å². The van der Waals surface area contributed by atoms with E-state index >= 15 is 0 Å². The average Bonchev–Trinajstić information content (AvgIpc) is 2.82. The van der Waals surface area contributed by atoms with Crippen molar-refractivity contribution in [2.45, 2.75) is 6.54 Å². The van der Waals surface area contributed by atoms with Crippen LogP contribution in [-0.4, -0.2) is 28.5 Å². The van der Waals surface area contributed by atoms with Crippen molar-refractivity contribution >= 4 is 12.2 Å². The van der Waals surface area contributed by atoms with Crippen molar-refractivity contribution in [3.05, 3.63) is 41.6 Å². The van der Waals surface area contributed by atoms with Gasteiger partial charge in [-0.25, -0.2) is 4.68 Å². The SMILES string of the molecule is CN(C=O)c1c(C#N)nnn1Cc1ccccc1. The number of benzene rings is 1. The molecule has 2 rings (SSSR count). The Morgan fingerprint density at radius 2 is 2.17 bits per heavy atom. The van der Waals surface area contributed by atoms with Crippen LogP contribution in [0.5, 0.6) is 0 Å². The summed E-state index contributed by atoms with van der Waals surface area (Å²) in [4.78, 5) is 12.1. The molecule has 0 bridgehead atoms. The summed E-state index contributed by atoms with van der Waals surface area (Å²) in [6, 6.07) is 11.6. The van der Waals surface area contributed by atoms with E-state index in [4.69, 9.17) is 5.26 Å². The number of hydrogen-bond acceptors (Lipinski definition) is 4. The first-order chi connectivity index (χ1) is 8.76. The highest BCUT2D eigenvalue weighted by Crippen LogP contribution is 2.16. The van der Waals surface area contributed by atoms with Crippen LogP contribution in [0, 0.1) is 11.3 Å². The molecular formula is C12H11N5O. The largest absolute Gasteiger partial charge is 0.300 e. The zero-order valence-corrected chi connectivity index (χ0v) is 9.82. The van der Waals surface area contributed by atoms with E-state index in [2.05, 4.69) is 10.3 Å². The van der Waals surface area contributed by atoms with Crippen LogP contribution in [0.2, 0.25) is 0 Å². The van der Waals surface area contributed by atoms with Gasteiger partial charge in [0.2, 0.25) is 12.1 Å². The molecule has 18 heavy (non-hydrogen) atoms. The highest BCUT2D eigenvalue weighted by atomic mass is 16.1. The Morgan fingerprint density at radius 1 is 1.44 bits per heavy atom. The average molecular weight is 241 g/mol. The highest BCUT2D eigenvalue weighted by molar-refractivity contribution is 5.74. The van der Waals surface area contributed by atoms with E-state index < -0.39 is 0 Å². The van der Waals surface area contributed by atoms with Crippen LogP contribution in [0.1, 0.15) is 11.3 Å². The Balaban J connectivity index is 2.37. The van der Waals surface area contributed by atoms with Crippen LogP contribution in [0.25, 0.3) is 0 Å². The molecule has 0 saturated heterocycles. The molecule has 0 spiro atoms. The molecule has 1 amide bonds. The van der Waals surface area contributed by atoms with Crippen LogP contribution in [0.15, 0.2) is 30.3 Å². The van der Waals surface area contributed by atoms with Crippen LogP contribution < -0.4 is 4.90 Å². The van der Waals surface area contributed by atoms with Gasteiger partial charge in [-0.3, -0.25) is 4.79 Å². The zero-order chi connectivity index (χ0) is 13.0. The first-order valence-electron chi connectivity index (χ1n) is 5.32. The number of carbonyl (C=O) groups is 1. The maximum atomic E-state index is 10.8. The predicted octanol–water partition coefficient (Wildman–Crippen LogP) is 0.791. The summed E-state index contributed by atoms with van der Waals surface area (Å²) in [6.07, 6.45) is 0.626. The fourth-order valence-electron chi connectivity index (χ4n) is 1.64. The fraction of sp³-hybridized carbons (Fsp3) is 0.167. The van der Waals surface area contributed by atoms with Gasteiger partial charge in [-0.1, -0.05) is 35.5 Å². The maximum Gasteiger partial charge on any atom is 0.215 e. The first kappa shape index (κ1) is 11.8. The van der Waals surface area contributed by atoms with Gasteiger partial charge in [-0.05, 0) is 5.56 Å². The number of hydrogen-bond donors (Lipinski definition) is 0. The number of nitriles is 1. The summed E-state index contributed by atoms with van der Waals surface area (Å²) in [7, 11) is 1.56. The summed E-state index contributed by atoms with van der Waals surface area (Å²) >= 11 is 0. The van der Waals surface area contributed by atoms with Gasteiger partial charge in [0.15, 0.2) is 5.82 Å². The van der Waals surface area contributed by atoms with Gasteiger partial charge in [0, 0.05) is 7.05 Å². The molecule has 1 aromatic carbocycles. The third-order valence-electron chi connectivity index (χ3n) is 2.48. The molecule has 0 fully saturated rings. The highest BCUT2D eigenvalue weighted by Gasteiger charge is 2.16. The van der Waals surface area contributed by atoms with Crippen LogP contribution in [0.4, 0.5) is 5.82 Å². The molecule has 6 heteroatoms. The Labute approximate surface area is 104 Å². The van der Waals surface area contributed by atoms with Crippen LogP contribution in [0.3, 0.4) is 0 Å².